The number of aromatic nitrogens is 2. The van der Waals surface area contributed by atoms with Gasteiger partial charge in [-0.1, -0.05) is 20.3 Å². The summed E-state index contributed by atoms with van der Waals surface area (Å²) in [6, 6.07) is 1.04. The number of hydrogen-bond acceptors (Lipinski definition) is 2. The van der Waals surface area contributed by atoms with Gasteiger partial charge in [0.25, 0.3) is 0 Å². The molecule has 0 radical (unpaired) electrons. The molecule has 1 aliphatic rings. The van der Waals surface area contributed by atoms with Gasteiger partial charge in [-0.25, -0.2) is 0 Å². The highest BCUT2D eigenvalue weighted by Gasteiger charge is 2.25. The molecule has 3 nitrogen and oxygen atoms in total. The van der Waals surface area contributed by atoms with Crippen molar-refractivity contribution in [3.05, 3.63) is 11.4 Å². The summed E-state index contributed by atoms with van der Waals surface area (Å²) in [5.41, 5.74) is 4.20. The summed E-state index contributed by atoms with van der Waals surface area (Å²) >= 11 is 0. The van der Waals surface area contributed by atoms with E-state index < -0.39 is 0 Å². The average Bonchev–Trinajstić information content (AvgIpc) is 2.53. The highest BCUT2D eigenvalue weighted by Crippen LogP contribution is 2.35. The normalized spacial score (nSPS) is 22.9. The Labute approximate surface area is 124 Å². The molecule has 0 aromatic carbocycles. The molecule has 1 saturated carbocycles. The van der Waals surface area contributed by atoms with E-state index in [-0.39, 0.29) is 0 Å². The van der Waals surface area contributed by atoms with Crippen molar-refractivity contribution in [2.75, 3.05) is 5.32 Å². The van der Waals surface area contributed by atoms with Gasteiger partial charge in [0.1, 0.15) is 0 Å². The van der Waals surface area contributed by atoms with Crippen LogP contribution in [0.5, 0.6) is 0 Å². The molecule has 1 aromatic rings. The Morgan fingerprint density at radius 2 is 1.90 bits per heavy atom. The first kappa shape index (κ1) is 15.4. The van der Waals surface area contributed by atoms with Gasteiger partial charge in [0.05, 0.1) is 17.1 Å². The van der Waals surface area contributed by atoms with Gasteiger partial charge < -0.3 is 5.32 Å². The van der Waals surface area contributed by atoms with E-state index in [1.807, 2.05) is 0 Å². The van der Waals surface area contributed by atoms with Crippen molar-refractivity contribution < 1.29 is 0 Å². The third kappa shape index (κ3) is 3.36. The van der Waals surface area contributed by atoms with Gasteiger partial charge in [-0.15, -0.1) is 0 Å². The fourth-order valence-electron chi connectivity index (χ4n) is 3.38. The van der Waals surface area contributed by atoms with Crippen molar-refractivity contribution in [3.8, 4) is 0 Å². The lowest BCUT2D eigenvalue weighted by atomic mass is 9.85. The minimum atomic E-state index is 0.428. The molecule has 1 N–H and O–H groups in total. The molecule has 1 aromatic heterocycles. The van der Waals surface area contributed by atoms with Crippen molar-refractivity contribution >= 4 is 5.69 Å². The number of nitrogens with one attached hydrogen (secondary N) is 1. The molecule has 1 atom stereocenters. The molecule has 1 heterocycles. The minimum Gasteiger partial charge on any atom is -0.379 e. The molecule has 0 amide bonds. The van der Waals surface area contributed by atoms with Gasteiger partial charge in [-0.05, 0) is 58.8 Å². The van der Waals surface area contributed by atoms with Crippen LogP contribution in [0.15, 0.2) is 0 Å². The van der Waals surface area contributed by atoms with E-state index in [0.717, 1.165) is 5.69 Å². The highest BCUT2D eigenvalue weighted by molar-refractivity contribution is 5.53. The summed E-state index contributed by atoms with van der Waals surface area (Å²) < 4.78 is 2.14. The molecule has 3 heteroatoms. The van der Waals surface area contributed by atoms with E-state index in [0.29, 0.717) is 17.5 Å². The zero-order valence-electron chi connectivity index (χ0n) is 14.1. The summed E-state index contributed by atoms with van der Waals surface area (Å²) in [7, 11) is 0. The summed E-state index contributed by atoms with van der Waals surface area (Å²) in [4.78, 5) is 0. The van der Waals surface area contributed by atoms with Crippen LogP contribution < -0.4 is 5.32 Å². The summed E-state index contributed by atoms with van der Waals surface area (Å²) in [6.07, 6.45) is 6.57. The molecule has 0 spiro atoms. The zero-order chi connectivity index (χ0) is 14.9. The minimum absolute atomic E-state index is 0.428. The Hall–Kier alpha value is -0.990. The fourth-order valence-corrected chi connectivity index (χ4v) is 3.38. The molecule has 114 valence electrons. The third-order valence-corrected chi connectivity index (χ3v) is 4.74. The molecule has 0 saturated heterocycles. The Balaban J connectivity index is 2.10. The topological polar surface area (TPSA) is 29.9 Å². The maximum atomic E-state index is 4.68. The van der Waals surface area contributed by atoms with Crippen LogP contribution in [0.4, 0.5) is 5.69 Å². The first-order valence-corrected chi connectivity index (χ1v) is 8.12. The van der Waals surface area contributed by atoms with Crippen LogP contribution in [0.2, 0.25) is 0 Å². The predicted molar refractivity (Wildman–Crippen MR) is 86.4 cm³/mol. The molecule has 0 bridgehead atoms. The van der Waals surface area contributed by atoms with Crippen LogP contribution in [0.25, 0.3) is 0 Å². The SMILES string of the molecule is Cc1nn(C(C)C)c(C)c1NC1CCCC(C)(C)CC1. The quantitative estimate of drug-likeness (QED) is 0.800. The number of aryl methyl sites for hydroxylation is 1. The van der Waals surface area contributed by atoms with Gasteiger partial charge in [-0.2, -0.15) is 5.10 Å². The van der Waals surface area contributed by atoms with Gasteiger partial charge in [0.2, 0.25) is 0 Å². The second-order valence-electron chi connectivity index (χ2n) is 7.52. The second-order valence-corrected chi connectivity index (χ2v) is 7.52. The Morgan fingerprint density at radius 3 is 2.50 bits per heavy atom. The molecular formula is C17H31N3. The van der Waals surface area contributed by atoms with Crippen LogP contribution >= 0.6 is 0 Å². The Morgan fingerprint density at radius 1 is 1.20 bits per heavy atom. The second kappa shape index (κ2) is 5.79. The van der Waals surface area contributed by atoms with Crippen molar-refractivity contribution in [1.29, 1.82) is 0 Å². The number of nitrogens with zero attached hydrogens (tertiary/aromatic N) is 2. The Bertz CT molecular complexity index is 457. The van der Waals surface area contributed by atoms with Crippen LogP contribution in [0.3, 0.4) is 0 Å². The molecular weight excluding hydrogens is 246 g/mol. The maximum Gasteiger partial charge on any atom is 0.0828 e. The van der Waals surface area contributed by atoms with Crippen molar-refractivity contribution in [2.24, 2.45) is 5.41 Å². The van der Waals surface area contributed by atoms with Crippen LogP contribution in [-0.2, 0) is 0 Å². The van der Waals surface area contributed by atoms with E-state index in [1.54, 1.807) is 0 Å². The summed E-state index contributed by atoms with van der Waals surface area (Å²) in [5, 5.41) is 8.47. The van der Waals surface area contributed by atoms with Crippen LogP contribution in [0, 0.1) is 19.3 Å². The molecule has 20 heavy (non-hydrogen) atoms. The molecule has 0 aliphatic heterocycles. The number of rotatable bonds is 3. The van der Waals surface area contributed by atoms with Gasteiger partial charge >= 0.3 is 0 Å². The average molecular weight is 277 g/mol. The fraction of sp³-hybridized carbons (Fsp3) is 0.824. The van der Waals surface area contributed by atoms with Crippen LogP contribution in [-0.4, -0.2) is 15.8 Å². The number of hydrogen-bond donors (Lipinski definition) is 1. The van der Waals surface area contributed by atoms with Gasteiger partial charge in [0.15, 0.2) is 0 Å². The molecule has 1 fully saturated rings. The van der Waals surface area contributed by atoms with E-state index in [4.69, 9.17) is 0 Å². The maximum absolute atomic E-state index is 4.68. The Kier molecular flexibility index (Phi) is 4.46. The first-order valence-electron chi connectivity index (χ1n) is 8.12. The van der Waals surface area contributed by atoms with Crippen molar-refractivity contribution in [2.45, 2.75) is 85.7 Å². The summed E-state index contributed by atoms with van der Waals surface area (Å²) in [5.74, 6) is 0. The van der Waals surface area contributed by atoms with E-state index in [9.17, 15) is 0 Å². The lowest BCUT2D eigenvalue weighted by molar-refractivity contribution is 0.313. The molecule has 1 aliphatic carbocycles. The number of anilines is 1. The molecule has 1 unspecified atom stereocenters. The third-order valence-electron chi connectivity index (χ3n) is 4.74. The molecule has 2 rings (SSSR count). The monoisotopic (exact) mass is 277 g/mol. The lowest BCUT2D eigenvalue weighted by Crippen LogP contribution is -2.20. The lowest BCUT2D eigenvalue weighted by Gasteiger charge is -2.22. The van der Waals surface area contributed by atoms with Gasteiger partial charge in [-0.3, -0.25) is 4.68 Å². The predicted octanol–water partition coefficient (Wildman–Crippen LogP) is 4.85. The largest absolute Gasteiger partial charge is 0.379 e. The first-order chi connectivity index (χ1) is 9.30. The standard InChI is InChI=1S/C17H31N3/c1-12(2)20-14(4)16(13(3)19-20)18-15-8-7-10-17(5,6)11-9-15/h12,15,18H,7-11H2,1-6H3. The highest BCUT2D eigenvalue weighted by atomic mass is 15.3. The van der Waals surface area contributed by atoms with Crippen LogP contribution in [0.1, 0.15) is 77.2 Å². The van der Waals surface area contributed by atoms with E-state index in [2.05, 4.69) is 56.6 Å². The van der Waals surface area contributed by atoms with E-state index >= 15 is 0 Å². The smallest absolute Gasteiger partial charge is 0.0828 e. The zero-order valence-corrected chi connectivity index (χ0v) is 14.1. The van der Waals surface area contributed by atoms with E-state index in [1.165, 1.54) is 43.5 Å². The summed E-state index contributed by atoms with van der Waals surface area (Å²) in [6.45, 7) is 13.5. The van der Waals surface area contributed by atoms with Gasteiger partial charge in [0, 0.05) is 12.1 Å². The van der Waals surface area contributed by atoms with Crippen molar-refractivity contribution in [1.82, 2.24) is 9.78 Å². The van der Waals surface area contributed by atoms with Crippen molar-refractivity contribution in [3.63, 3.8) is 0 Å².